The van der Waals surface area contributed by atoms with Crippen molar-refractivity contribution in [1.29, 1.82) is 0 Å². The second-order valence-electron chi connectivity index (χ2n) is 6.56. The molecule has 0 radical (unpaired) electrons. The van der Waals surface area contributed by atoms with Crippen LogP contribution in [0.2, 0.25) is 0 Å². The van der Waals surface area contributed by atoms with Crippen molar-refractivity contribution in [3.8, 4) is 5.69 Å². The normalized spacial score (nSPS) is 15.7. The van der Waals surface area contributed by atoms with Crippen molar-refractivity contribution in [3.05, 3.63) is 87.6 Å². The molecule has 0 unspecified atom stereocenters. The number of halogens is 1. The van der Waals surface area contributed by atoms with E-state index in [2.05, 4.69) is 10.4 Å². The number of rotatable bonds is 3. The predicted molar refractivity (Wildman–Crippen MR) is 107 cm³/mol. The topological polar surface area (TPSA) is 64.0 Å². The Balaban J connectivity index is 1.68. The van der Waals surface area contributed by atoms with Gasteiger partial charge in [-0.2, -0.15) is 5.10 Å². The molecular weight excluding hydrogens is 377 g/mol. The summed E-state index contributed by atoms with van der Waals surface area (Å²) in [5, 5.41) is 7.09. The van der Waals surface area contributed by atoms with Crippen molar-refractivity contribution in [3.63, 3.8) is 0 Å². The standard InChI is InChI=1S/C21H18FN3O2S/c1-13-12-18(26)20(24-25(13)17-8-4-3-7-15(17)22)21(27)23-16-10-11-28-19-9-5-2-6-14(16)19/h2-9,12,16H,10-11H2,1H3,(H,23,27)/t16-/m0/s1. The monoisotopic (exact) mass is 395 g/mol. The highest BCUT2D eigenvalue weighted by molar-refractivity contribution is 7.99. The number of carbonyl (C=O) groups is 1. The van der Waals surface area contributed by atoms with Crippen LogP contribution in [0.5, 0.6) is 0 Å². The summed E-state index contributed by atoms with van der Waals surface area (Å²) in [6, 6.07) is 15.1. The fourth-order valence-corrected chi connectivity index (χ4v) is 4.42. The molecule has 0 aliphatic carbocycles. The molecule has 1 atom stereocenters. The summed E-state index contributed by atoms with van der Waals surface area (Å²) < 4.78 is 15.5. The zero-order valence-electron chi connectivity index (χ0n) is 15.2. The molecule has 4 rings (SSSR count). The van der Waals surface area contributed by atoms with Crippen molar-refractivity contribution in [2.45, 2.75) is 24.3 Å². The van der Waals surface area contributed by atoms with E-state index in [1.165, 1.54) is 16.8 Å². The fourth-order valence-electron chi connectivity index (χ4n) is 3.29. The number of para-hydroxylation sites is 1. The SMILES string of the molecule is Cc1cc(=O)c(C(=O)N[C@H]2CCSc3ccccc32)nn1-c1ccccc1F. The molecule has 0 spiro atoms. The number of benzene rings is 2. The number of aromatic nitrogens is 2. The van der Waals surface area contributed by atoms with Gasteiger partial charge in [-0.1, -0.05) is 30.3 Å². The molecule has 5 nitrogen and oxygen atoms in total. The summed E-state index contributed by atoms with van der Waals surface area (Å²) in [4.78, 5) is 26.4. The summed E-state index contributed by atoms with van der Waals surface area (Å²) in [6.45, 7) is 1.65. The van der Waals surface area contributed by atoms with Crippen molar-refractivity contribution in [2.24, 2.45) is 0 Å². The Hall–Kier alpha value is -2.93. The highest BCUT2D eigenvalue weighted by Gasteiger charge is 2.24. The molecule has 142 valence electrons. The Labute approximate surface area is 165 Å². The van der Waals surface area contributed by atoms with E-state index in [9.17, 15) is 14.0 Å². The number of fused-ring (bicyclic) bond motifs is 1. The average molecular weight is 395 g/mol. The number of carbonyl (C=O) groups excluding carboxylic acids is 1. The first-order valence-corrected chi connectivity index (χ1v) is 9.91. The van der Waals surface area contributed by atoms with Gasteiger partial charge in [0.15, 0.2) is 5.69 Å². The van der Waals surface area contributed by atoms with Crippen LogP contribution in [0, 0.1) is 12.7 Å². The van der Waals surface area contributed by atoms with E-state index in [1.807, 2.05) is 24.3 Å². The molecule has 3 aromatic rings. The minimum absolute atomic E-state index is 0.186. The number of aryl methyl sites for hydroxylation is 1. The first kappa shape index (κ1) is 18.4. The van der Waals surface area contributed by atoms with Crippen LogP contribution in [0.4, 0.5) is 4.39 Å². The lowest BCUT2D eigenvalue weighted by Crippen LogP contribution is -2.35. The van der Waals surface area contributed by atoms with Crippen LogP contribution in [0.3, 0.4) is 0 Å². The number of amides is 1. The predicted octanol–water partition coefficient (Wildman–Crippen LogP) is 3.65. The van der Waals surface area contributed by atoms with Crippen LogP contribution < -0.4 is 10.7 Å². The van der Waals surface area contributed by atoms with Crippen molar-refractivity contribution < 1.29 is 9.18 Å². The number of thioether (sulfide) groups is 1. The van der Waals surface area contributed by atoms with Crippen LogP contribution in [-0.4, -0.2) is 21.4 Å². The van der Waals surface area contributed by atoms with Gasteiger partial charge in [-0.3, -0.25) is 9.59 Å². The molecule has 0 fully saturated rings. The first-order valence-electron chi connectivity index (χ1n) is 8.93. The number of hydrogen-bond acceptors (Lipinski definition) is 4. The Morgan fingerprint density at radius 1 is 1.21 bits per heavy atom. The molecular formula is C21H18FN3O2S. The Morgan fingerprint density at radius 3 is 2.79 bits per heavy atom. The number of nitrogens with zero attached hydrogens (tertiary/aromatic N) is 2. The van der Waals surface area contributed by atoms with Gasteiger partial charge in [0.05, 0.1) is 6.04 Å². The second kappa shape index (κ2) is 7.59. The maximum Gasteiger partial charge on any atom is 0.276 e. The van der Waals surface area contributed by atoms with E-state index >= 15 is 0 Å². The highest BCUT2D eigenvalue weighted by Crippen LogP contribution is 2.35. The van der Waals surface area contributed by atoms with Crippen molar-refractivity contribution in [2.75, 3.05) is 5.75 Å². The van der Waals surface area contributed by atoms with Crippen LogP contribution in [0.25, 0.3) is 5.69 Å². The van der Waals surface area contributed by atoms with E-state index in [-0.39, 0.29) is 17.4 Å². The Kier molecular flexibility index (Phi) is 5.00. The molecule has 1 aliphatic heterocycles. The van der Waals surface area contributed by atoms with Gasteiger partial charge >= 0.3 is 0 Å². The smallest absolute Gasteiger partial charge is 0.276 e. The summed E-state index contributed by atoms with van der Waals surface area (Å²) in [5.41, 5.74) is 0.943. The van der Waals surface area contributed by atoms with E-state index in [1.54, 1.807) is 36.9 Å². The molecule has 2 heterocycles. The van der Waals surface area contributed by atoms with Crippen molar-refractivity contribution in [1.82, 2.24) is 15.1 Å². The molecule has 28 heavy (non-hydrogen) atoms. The maximum atomic E-state index is 14.2. The number of hydrogen-bond donors (Lipinski definition) is 1. The molecule has 1 amide bonds. The van der Waals surface area contributed by atoms with Gasteiger partial charge in [-0.25, -0.2) is 9.07 Å². The van der Waals surface area contributed by atoms with Gasteiger partial charge in [-0.15, -0.1) is 11.8 Å². The molecule has 0 saturated heterocycles. The van der Waals surface area contributed by atoms with Gasteiger partial charge < -0.3 is 5.32 Å². The summed E-state index contributed by atoms with van der Waals surface area (Å²) >= 11 is 1.75. The molecule has 1 aromatic heterocycles. The Bertz CT molecular complexity index is 1110. The molecule has 1 N–H and O–H groups in total. The van der Waals surface area contributed by atoms with E-state index in [4.69, 9.17) is 0 Å². The van der Waals surface area contributed by atoms with Crippen molar-refractivity contribution >= 4 is 17.7 Å². The van der Waals surface area contributed by atoms with E-state index < -0.39 is 17.2 Å². The average Bonchev–Trinajstić information content (AvgIpc) is 2.69. The third-order valence-electron chi connectivity index (χ3n) is 4.67. The van der Waals surface area contributed by atoms with Crippen LogP contribution >= 0.6 is 11.8 Å². The first-order chi connectivity index (χ1) is 13.5. The van der Waals surface area contributed by atoms with Crippen LogP contribution in [-0.2, 0) is 0 Å². The molecule has 1 aliphatic rings. The van der Waals surface area contributed by atoms with Gasteiger partial charge in [0.1, 0.15) is 11.5 Å². The molecule has 0 bridgehead atoms. The summed E-state index contributed by atoms with van der Waals surface area (Å²) in [5.74, 6) is -0.156. The minimum Gasteiger partial charge on any atom is -0.344 e. The Morgan fingerprint density at radius 2 is 1.96 bits per heavy atom. The van der Waals surface area contributed by atoms with Crippen LogP contribution in [0.15, 0.2) is 64.3 Å². The quantitative estimate of drug-likeness (QED) is 0.735. The highest BCUT2D eigenvalue weighted by atomic mass is 32.2. The van der Waals surface area contributed by atoms with Crippen LogP contribution in [0.1, 0.15) is 34.2 Å². The fraction of sp³-hybridized carbons (Fsp3) is 0.190. The van der Waals surface area contributed by atoms with Gasteiger partial charge in [0.2, 0.25) is 5.43 Å². The van der Waals surface area contributed by atoms with E-state index in [0.29, 0.717) is 5.69 Å². The summed E-state index contributed by atoms with van der Waals surface area (Å²) in [6.07, 6.45) is 0.765. The summed E-state index contributed by atoms with van der Waals surface area (Å²) in [7, 11) is 0. The number of nitrogens with one attached hydrogen (secondary N) is 1. The largest absolute Gasteiger partial charge is 0.344 e. The van der Waals surface area contributed by atoms with Gasteiger partial charge in [0.25, 0.3) is 5.91 Å². The zero-order valence-corrected chi connectivity index (χ0v) is 16.0. The van der Waals surface area contributed by atoms with Gasteiger partial charge in [-0.05, 0) is 37.1 Å². The lowest BCUT2D eigenvalue weighted by Gasteiger charge is -2.25. The lowest BCUT2D eigenvalue weighted by atomic mass is 10.0. The van der Waals surface area contributed by atoms with E-state index in [0.717, 1.165) is 22.6 Å². The molecule has 2 aromatic carbocycles. The maximum absolute atomic E-state index is 14.2. The zero-order chi connectivity index (χ0) is 19.7. The third-order valence-corrected chi connectivity index (χ3v) is 5.79. The molecule has 7 heteroatoms. The third kappa shape index (κ3) is 3.45. The second-order valence-corrected chi connectivity index (χ2v) is 7.70. The van der Waals surface area contributed by atoms with Gasteiger partial charge in [0, 0.05) is 22.4 Å². The minimum atomic E-state index is -0.554. The molecule has 0 saturated carbocycles. The lowest BCUT2D eigenvalue weighted by molar-refractivity contribution is 0.0927.